The standard InChI is InChI=1S/C14H18N2O3/c1-11-6-7-12(16(18)19)10-13(11)14(17)15-8-4-2-3-5-9-15/h6-7,10H,2-5,8-9H2,1H3. The minimum Gasteiger partial charge on any atom is -0.339 e. The first-order valence-corrected chi connectivity index (χ1v) is 6.64. The highest BCUT2D eigenvalue weighted by atomic mass is 16.6. The highest BCUT2D eigenvalue weighted by molar-refractivity contribution is 5.96. The molecule has 0 spiro atoms. The molecule has 0 aliphatic carbocycles. The number of aryl methyl sites for hydroxylation is 1. The van der Waals surface area contributed by atoms with E-state index in [1.165, 1.54) is 12.1 Å². The van der Waals surface area contributed by atoms with Gasteiger partial charge in [-0.15, -0.1) is 0 Å². The highest BCUT2D eigenvalue weighted by Gasteiger charge is 2.21. The molecule has 1 aliphatic rings. The molecule has 1 aromatic rings. The minimum absolute atomic E-state index is 0.0243. The number of benzene rings is 1. The van der Waals surface area contributed by atoms with Crippen LogP contribution in [0.1, 0.15) is 41.6 Å². The third-order valence-electron chi connectivity index (χ3n) is 3.56. The second-order valence-corrected chi connectivity index (χ2v) is 4.96. The van der Waals surface area contributed by atoms with Crippen LogP contribution in [0.25, 0.3) is 0 Å². The normalized spacial score (nSPS) is 15.9. The van der Waals surface area contributed by atoms with E-state index in [4.69, 9.17) is 0 Å². The SMILES string of the molecule is Cc1ccc([N+](=O)[O-])cc1C(=O)N1CCCCCC1. The van der Waals surface area contributed by atoms with Crippen molar-refractivity contribution in [3.8, 4) is 0 Å². The Morgan fingerprint density at radius 2 is 1.84 bits per heavy atom. The number of hydrogen-bond donors (Lipinski definition) is 0. The largest absolute Gasteiger partial charge is 0.339 e. The van der Waals surface area contributed by atoms with E-state index in [0.29, 0.717) is 5.56 Å². The zero-order valence-corrected chi connectivity index (χ0v) is 11.1. The predicted octanol–water partition coefficient (Wildman–Crippen LogP) is 2.92. The highest BCUT2D eigenvalue weighted by Crippen LogP contribution is 2.20. The molecule has 5 nitrogen and oxygen atoms in total. The van der Waals surface area contributed by atoms with Gasteiger partial charge in [0, 0.05) is 30.8 Å². The topological polar surface area (TPSA) is 63.5 Å². The maximum atomic E-state index is 12.5. The Labute approximate surface area is 112 Å². The lowest BCUT2D eigenvalue weighted by Crippen LogP contribution is -2.32. The molecule has 0 atom stereocenters. The zero-order chi connectivity index (χ0) is 13.8. The lowest BCUT2D eigenvalue weighted by molar-refractivity contribution is -0.384. The van der Waals surface area contributed by atoms with Crippen LogP contribution in [0.3, 0.4) is 0 Å². The van der Waals surface area contributed by atoms with E-state index in [0.717, 1.165) is 44.3 Å². The van der Waals surface area contributed by atoms with Crippen molar-refractivity contribution in [1.29, 1.82) is 0 Å². The number of non-ortho nitro benzene ring substituents is 1. The van der Waals surface area contributed by atoms with E-state index in [9.17, 15) is 14.9 Å². The van der Waals surface area contributed by atoms with Gasteiger partial charge in [0.25, 0.3) is 11.6 Å². The Balaban J connectivity index is 2.26. The molecule has 1 aliphatic heterocycles. The van der Waals surface area contributed by atoms with Gasteiger partial charge in [-0.3, -0.25) is 14.9 Å². The second kappa shape index (κ2) is 5.82. The molecular weight excluding hydrogens is 244 g/mol. The Bertz CT molecular complexity index is 491. The predicted molar refractivity (Wildman–Crippen MR) is 72.2 cm³/mol. The van der Waals surface area contributed by atoms with Crippen molar-refractivity contribution in [1.82, 2.24) is 4.90 Å². The van der Waals surface area contributed by atoms with Crippen molar-refractivity contribution in [3.63, 3.8) is 0 Å². The van der Waals surface area contributed by atoms with Gasteiger partial charge in [0.2, 0.25) is 0 Å². The van der Waals surface area contributed by atoms with Crippen LogP contribution < -0.4 is 0 Å². The number of likely N-dealkylation sites (tertiary alicyclic amines) is 1. The molecule has 1 saturated heterocycles. The summed E-state index contributed by atoms with van der Waals surface area (Å²) in [6.45, 7) is 3.32. The average Bonchev–Trinajstić information content (AvgIpc) is 2.67. The molecule has 0 bridgehead atoms. The van der Waals surface area contributed by atoms with Gasteiger partial charge in [0.1, 0.15) is 0 Å². The Kier molecular flexibility index (Phi) is 4.14. The quantitative estimate of drug-likeness (QED) is 0.608. The molecule has 0 unspecified atom stereocenters. The zero-order valence-electron chi connectivity index (χ0n) is 11.1. The molecule has 5 heteroatoms. The summed E-state index contributed by atoms with van der Waals surface area (Å²) in [6, 6.07) is 4.47. The van der Waals surface area contributed by atoms with Crippen LogP contribution in [0.15, 0.2) is 18.2 Å². The number of carbonyl (C=O) groups is 1. The fourth-order valence-corrected chi connectivity index (χ4v) is 2.40. The third kappa shape index (κ3) is 3.10. The maximum Gasteiger partial charge on any atom is 0.270 e. The summed E-state index contributed by atoms with van der Waals surface area (Å²) in [4.78, 5) is 24.6. The number of rotatable bonds is 2. The van der Waals surface area contributed by atoms with Crippen molar-refractivity contribution in [2.75, 3.05) is 13.1 Å². The summed E-state index contributed by atoms with van der Waals surface area (Å²) in [6.07, 6.45) is 4.33. The number of nitro groups is 1. The molecule has 1 heterocycles. The van der Waals surface area contributed by atoms with Crippen molar-refractivity contribution in [3.05, 3.63) is 39.4 Å². The Hall–Kier alpha value is -1.91. The molecule has 2 rings (SSSR count). The van der Waals surface area contributed by atoms with Gasteiger partial charge in [-0.05, 0) is 25.3 Å². The molecule has 0 saturated carbocycles. The molecule has 0 radical (unpaired) electrons. The molecule has 0 aromatic heterocycles. The van der Waals surface area contributed by atoms with Crippen molar-refractivity contribution < 1.29 is 9.72 Å². The van der Waals surface area contributed by atoms with Gasteiger partial charge < -0.3 is 4.90 Å². The molecule has 0 N–H and O–H groups in total. The summed E-state index contributed by atoms with van der Waals surface area (Å²) in [5.74, 6) is -0.0805. The first-order valence-electron chi connectivity index (χ1n) is 6.64. The van der Waals surface area contributed by atoms with Gasteiger partial charge in [-0.25, -0.2) is 0 Å². The summed E-state index contributed by atoms with van der Waals surface area (Å²) in [5.41, 5.74) is 1.22. The number of hydrogen-bond acceptors (Lipinski definition) is 3. The van der Waals surface area contributed by atoms with Gasteiger partial charge in [-0.2, -0.15) is 0 Å². The van der Waals surface area contributed by atoms with E-state index in [1.807, 2.05) is 11.8 Å². The lowest BCUT2D eigenvalue weighted by atomic mass is 10.1. The Morgan fingerprint density at radius 3 is 2.42 bits per heavy atom. The van der Waals surface area contributed by atoms with E-state index in [1.54, 1.807) is 6.07 Å². The maximum absolute atomic E-state index is 12.5. The van der Waals surface area contributed by atoms with Gasteiger partial charge in [-0.1, -0.05) is 18.9 Å². The molecule has 102 valence electrons. The van der Waals surface area contributed by atoms with Crippen LogP contribution in [-0.2, 0) is 0 Å². The minimum atomic E-state index is -0.460. The van der Waals surface area contributed by atoms with Crippen LogP contribution in [0.5, 0.6) is 0 Å². The second-order valence-electron chi connectivity index (χ2n) is 4.96. The van der Waals surface area contributed by atoms with Crippen molar-refractivity contribution in [2.45, 2.75) is 32.6 Å². The lowest BCUT2D eigenvalue weighted by Gasteiger charge is -2.21. The van der Waals surface area contributed by atoms with Gasteiger partial charge in [0.15, 0.2) is 0 Å². The van der Waals surface area contributed by atoms with Crippen LogP contribution in [0.2, 0.25) is 0 Å². The fraction of sp³-hybridized carbons (Fsp3) is 0.500. The summed E-state index contributed by atoms with van der Waals surface area (Å²) in [5, 5.41) is 10.8. The Morgan fingerprint density at radius 1 is 1.21 bits per heavy atom. The first kappa shape index (κ1) is 13.5. The summed E-state index contributed by atoms with van der Waals surface area (Å²) >= 11 is 0. The summed E-state index contributed by atoms with van der Waals surface area (Å²) < 4.78 is 0. The van der Waals surface area contributed by atoms with Crippen molar-refractivity contribution >= 4 is 11.6 Å². The third-order valence-corrected chi connectivity index (χ3v) is 3.56. The average molecular weight is 262 g/mol. The molecular formula is C14H18N2O3. The van der Waals surface area contributed by atoms with Crippen LogP contribution >= 0.6 is 0 Å². The van der Waals surface area contributed by atoms with E-state index >= 15 is 0 Å². The van der Waals surface area contributed by atoms with Crippen LogP contribution in [0, 0.1) is 17.0 Å². The van der Waals surface area contributed by atoms with E-state index in [-0.39, 0.29) is 11.6 Å². The first-order chi connectivity index (χ1) is 9.09. The molecule has 1 aromatic carbocycles. The monoisotopic (exact) mass is 262 g/mol. The molecule has 1 fully saturated rings. The number of amides is 1. The van der Waals surface area contributed by atoms with Crippen molar-refractivity contribution in [2.24, 2.45) is 0 Å². The number of nitrogens with zero attached hydrogens (tertiary/aromatic N) is 2. The van der Waals surface area contributed by atoms with E-state index < -0.39 is 4.92 Å². The number of carbonyl (C=O) groups excluding carboxylic acids is 1. The summed E-state index contributed by atoms with van der Waals surface area (Å²) in [7, 11) is 0. The van der Waals surface area contributed by atoms with Crippen LogP contribution in [-0.4, -0.2) is 28.8 Å². The van der Waals surface area contributed by atoms with E-state index in [2.05, 4.69) is 0 Å². The van der Waals surface area contributed by atoms with Crippen LogP contribution in [0.4, 0.5) is 5.69 Å². The fourth-order valence-electron chi connectivity index (χ4n) is 2.40. The van der Waals surface area contributed by atoms with Gasteiger partial charge >= 0.3 is 0 Å². The number of nitro benzene ring substituents is 1. The smallest absolute Gasteiger partial charge is 0.270 e. The van der Waals surface area contributed by atoms with Gasteiger partial charge in [0.05, 0.1) is 4.92 Å². The molecule has 1 amide bonds. The molecule has 19 heavy (non-hydrogen) atoms.